The van der Waals surface area contributed by atoms with Crippen LogP contribution in [-0.4, -0.2) is 22.9 Å². The van der Waals surface area contributed by atoms with Crippen molar-refractivity contribution in [1.82, 2.24) is 9.72 Å². The van der Waals surface area contributed by atoms with E-state index in [4.69, 9.17) is 9.47 Å². The molecule has 114 valence electrons. The van der Waals surface area contributed by atoms with E-state index in [9.17, 15) is 9.18 Å². The van der Waals surface area contributed by atoms with Crippen LogP contribution in [0, 0.1) is 5.82 Å². The summed E-state index contributed by atoms with van der Waals surface area (Å²) in [5, 5.41) is 3.72. The highest BCUT2D eigenvalue weighted by atomic mass is 19.1. The molecule has 0 spiro atoms. The van der Waals surface area contributed by atoms with Gasteiger partial charge in [-0.2, -0.15) is 0 Å². The van der Waals surface area contributed by atoms with E-state index in [1.165, 1.54) is 16.7 Å². The van der Waals surface area contributed by atoms with Crippen molar-refractivity contribution in [3.05, 3.63) is 52.0 Å². The van der Waals surface area contributed by atoms with E-state index in [1.54, 1.807) is 12.1 Å². The molecule has 0 aliphatic heterocycles. The van der Waals surface area contributed by atoms with Gasteiger partial charge in [-0.05, 0) is 31.5 Å². The summed E-state index contributed by atoms with van der Waals surface area (Å²) in [4.78, 5) is 11.8. The van der Waals surface area contributed by atoms with Gasteiger partial charge in [0, 0.05) is 13.2 Å². The average molecular weight is 296 g/mol. The topological polar surface area (TPSA) is 66.5 Å². The molecule has 2 aromatic rings. The molecule has 0 fully saturated rings. The molecule has 0 aliphatic carbocycles. The van der Waals surface area contributed by atoms with Crippen molar-refractivity contribution in [2.24, 2.45) is 0 Å². The molecule has 1 heterocycles. The number of ether oxygens (including phenoxy) is 2. The molecule has 0 radical (unpaired) electrons. The van der Waals surface area contributed by atoms with Crippen LogP contribution in [0.15, 0.2) is 33.6 Å². The zero-order valence-corrected chi connectivity index (χ0v) is 11.9. The predicted molar refractivity (Wildman–Crippen MR) is 72.3 cm³/mol. The van der Waals surface area contributed by atoms with Crippen LogP contribution in [0.3, 0.4) is 0 Å². The normalized spacial score (nSPS) is 11.2. The van der Waals surface area contributed by atoms with Crippen molar-refractivity contribution in [3.63, 3.8) is 0 Å². The van der Waals surface area contributed by atoms with Gasteiger partial charge >= 0.3 is 5.76 Å². The minimum atomic E-state index is -0.771. The highest BCUT2D eigenvalue weighted by molar-refractivity contribution is 5.16. The maximum absolute atomic E-state index is 12.9. The standard InChI is InChI=1S/C14H17FN2O4/c1-3-19-13(20-4-2)12-16-21-14(18)17(12)9-10-5-7-11(15)8-6-10/h5-8,13H,3-4,9H2,1-2H3. The first-order valence-electron chi connectivity index (χ1n) is 6.69. The Hall–Kier alpha value is -1.99. The van der Waals surface area contributed by atoms with Crippen molar-refractivity contribution < 1.29 is 18.4 Å². The van der Waals surface area contributed by atoms with Gasteiger partial charge in [0.05, 0.1) is 6.54 Å². The van der Waals surface area contributed by atoms with Crippen molar-refractivity contribution >= 4 is 0 Å². The summed E-state index contributed by atoms with van der Waals surface area (Å²) in [6, 6.07) is 5.84. The van der Waals surface area contributed by atoms with Crippen molar-refractivity contribution in [3.8, 4) is 0 Å². The lowest BCUT2D eigenvalue weighted by Crippen LogP contribution is -2.22. The van der Waals surface area contributed by atoms with E-state index in [0.717, 1.165) is 5.56 Å². The van der Waals surface area contributed by atoms with Crippen LogP contribution in [0.4, 0.5) is 4.39 Å². The second-order valence-corrected chi connectivity index (χ2v) is 4.26. The molecule has 1 aromatic carbocycles. The zero-order chi connectivity index (χ0) is 15.2. The van der Waals surface area contributed by atoms with Crippen molar-refractivity contribution in [1.29, 1.82) is 0 Å². The molecule has 6 nitrogen and oxygen atoms in total. The van der Waals surface area contributed by atoms with E-state index < -0.39 is 12.0 Å². The van der Waals surface area contributed by atoms with Crippen LogP contribution in [-0.2, 0) is 16.0 Å². The molecule has 0 aliphatic rings. The fourth-order valence-corrected chi connectivity index (χ4v) is 1.87. The van der Waals surface area contributed by atoms with Crippen LogP contribution < -0.4 is 5.76 Å². The third kappa shape index (κ3) is 3.77. The number of hydrogen-bond donors (Lipinski definition) is 0. The monoisotopic (exact) mass is 296 g/mol. The maximum atomic E-state index is 12.9. The smallest absolute Gasteiger partial charge is 0.346 e. The molecule has 0 atom stereocenters. The Morgan fingerprint density at radius 2 is 1.86 bits per heavy atom. The van der Waals surface area contributed by atoms with Gasteiger partial charge in [0.1, 0.15) is 5.82 Å². The first kappa shape index (κ1) is 15.4. The summed E-state index contributed by atoms with van der Waals surface area (Å²) in [5.74, 6) is -0.690. The summed E-state index contributed by atoms with van der Waals surface area (Å²) in [6.45, 7) is 4.64. The van der Waals surface area contributed by atoms with Crippen LogP contribution in [0.5, 0.6) is 0 Å². The zero-order valence-electron chi connectivity index (χ0n) is 11.9. The SMILES string of the molecule is CCOC(OCC)c1noc(=O)n1Cc1ccc(F)cc1. The molecule has 0 N–H and O–H groups in total. The Morgan fingerprint density at radius 3 is 2.43 bits per heavy atom. The number of hydrogen-bond acceptors (Lipinski definition) is 5. The molecule has 0 amide bonds. The van der Waals surface area contributed by atoms with Gasteiger partial charge in [0.2, 0.25) is 12.1 Å². The molecule has 0 unspecified atom stereocenters. The second-order valence-electron chi connectivity index (χ2n) is 4.26. The van der Waals surface area contributed by atoms with E-state index in [0.29, 0.717) is 13.2 Å². The minimum absolute atomic E-state index is 0.203. The summed E-state index contributed by atoms with van der Waals surface area (Å²) in [6.07, 6.45) is -0.771. The molecule has 0 bridgehead atoms. The van der Waals surface area contributed by atoms with Gasteiger partial charge < -0.3 is 9.47 Å². The predicted octanol–water partition coefficient (Wildman–Crippen LogP) is 2.10. The number of benzene rings is 1. The van der Waals surface area contributed by atoms with E-state index in [1.807, 2.05) is 13.8 Å². The van der Waals surface area contributed by atoms with Gasteiger partial charge in [0.15, 0.2) is 0 Å². The van der Waals surface area contributed by atoms with E-state index in [2.05, 4.69) is 9.68 Å². The van der Waals surface area contributed by atoms with Crippen LogP contribution >= 0.6 is 0 Å². The molecule has 0 saturated carbocycles. The summed E-state index contributed by atoms with van der Waals surface area (Å²) in [7, 11) is 0. The number of nitrogens with zero attached hydrogens (tertiary/aromatic N) is 2. The largest absolute Gasteiger partial charge is 0.442 e. The average Bonchev–Trinajstić information content (AvgIpc) is 2.82. The molecule has 7 heteroatoms. The van der Waals surface area contributed by atoms with Gasteiger partial charge in [0.25, 0.3) is 0 Å². The summed E-state index contributed by atoms with van der Waals surface area (Å²) < 4.78 is 29.7. The maximum Gasteiger partial charge on any atom is 0.442 e. The van der Waals surface area contributed by atoms with Crippen LogP contribution in [0.1, 0.15) is 31.5 Å². The fraction of sp³-hybridized carbons (Fsp3) is 0.429. The lowest BCUT2D eigenvalue weighted by molar-refractivity contribution is -0.147. The molecule has 2 rings (SSSR count). The minimum Gasteiger partial charge on any atom is -0.346 e. The van der Waals surface area contributed by atoms with Gasteiger partial charge in [-0.15, -0.1) is 0 Å². The first-order chi connectivity index (χ1) is 10.2. The van der Waals surface area contributed by atoms with Crippen LogP contribution in [0.2, 0.25) is 0 Å². The fourth-order valence-electron chi connectivity index (χ4n) is 1.87. The second kappa shape index (κ2) is 7.14. The summed E-state index contributed by atoms with van der Waals surface area (Å²) in [5.41, 5.74) is 0.745. The van der Waals surface area contributed by atoms with Gasteiger partial charge in [-0.1, -0.05) is 17.3 Å². The molecular formula is C14H17FN2O4. The van der Waals surface area contributed by atoms with Gasteiger partial charge in [-0.25, -0.2) is 9.18 Å². The van der Waals surface area contributed by atoms with E-state index in [-0.39, 0.29) is 18.2 Å². The molecule has 21 heavy (non-hydrogen) atoms. The third-order valence-corrected chi connectivity index (χ3v) is 2.82. The summed E-state index contributed by atoms with van der Waals surface area (Å²) >= 11 is 0. The molecular weight excluding hydrogens is 279 g/mol. The Labute approximate surface area is 121 Å². The number of aromatic nitrogens is 2. The highest BCUT2D eigenvalue weighted by Crippen LogP contribution is 2.17. The number of rotatable bonds is 7. The van der Waals surface area contributed by atoms with Crippen molar-refractivity contribution in [2.75, 3.05) is 13.2 Å². The van der Waals surface area contributed by atoms with Gasteiger partial charge in [-0.3, -0.25) is 9.09 Å². The highest BCUT2D eigenvalue weighted by Gasteiger charge is 2.22. The lowest BCUT2D eigenvalue weighted by Gasteiger charge is -2.15. The molecule has 1 aromatic heterocycles. The quantitative estimate of drug-likeness (QED) is 0.732. The first-order valence-corrected chi connectivity index (χ1v) is 6.69. The van der Waals surface area contributed by atoms with E-state index >= 15 is 0 Å². The number of halogens is 1. The Morgan fingerprint density at radius 1 is 1.24 bits per heavy atom. The lowest BCUT2D eigenvalue weighted by atomic mass is 10.2. The third-order valence-electron chi connectivity index (χ3n) is 2.82. The molecule has 0 saturated heterocycles. The van der Waals surface area contributed by atoms with Crippen LogP contribution in [0.25, 0.3) is 0 Å². The van der Waals surface area contributed by atoms with Crippen molar-refractivity contribution in [2.45, 2.75) is 26.7 Å². The Kier molecular flexibility index (Phi) is 5.24. The Balaban J connectivity index is 2.28. The Bertz CT molecular complexity index is 615.